The summed E-state index contributed by atoms with van der Waals surface area (Å²) in [5.74, 6) is 2.40. The lowest BCUT2D eigenvalue weighted by Gasteiger charge is -2.23. The first kappa shape index (κ1) is 12.3. The summed E-state index contributed by atoms with van der Waals surface area (Å²) < 4.78 is 11.5. The van der Waals surface area contributed by atoms with Crippen LogP contribution in [0.1, 0.15) is 25.8 Å². The standard InChI is InChI=1S/C16H19NO2/c1-3-6-18-12-4-5-15-13(8-12)14-7-11(2)10-19-16(14)9-17-15/h4-5,8-9,11H,3,6-7,10H2,1-2H3. The molecular formula is C16H19NO2. The van der Waals surface area contributed by atoms with Crippen molar-refractivity contribution >= 4 is 10.9 Å². The van der Waals surface area contributed by atoms with Crippen LogP contribution in [0.3, 0.4) is 0 Å². The van der Waals surface area contributed by atoms with E-state index in [1.54, 1.807) is 0 Å². The SMILES string of the molecule is CCCOc1ccc2ncc3c(c2c1)CC(C)CO3. The quantitative estimate of drug-likeness (QED) is 0.842. The van der Waals surface area contributed by atoms with Crippen molar-refractivity contribution in [2.45, 2.75) is 26.7 Å². The molecule has 1 aromatic heterocycles. The highest BCUT2D eigenvalue weighted by molar-refractivity contribution is 5.85. The molecule has 100 valence electrons. The molecule has 0 fully saturated rings. The average Bonchev–Trinajstić information content (AvgIpc) is 2.44. The fourth-order valence-electron chi connectivity index (χ4n) is 2.49. The van der Waals surface area contributed by atoms with E-state index >= 15 is 0 Å². The van der Waals surface area contributed by atoms with Gasteiger partial charge in [0.1, 0.15) is 11.5 Å². The van der Waals surface area contributed by atoms with Crippen molar-refractivity contribution in [3.63, 3.8) is 0 Å². The van der Waals surface area contributed by atoms with Gasteiger partial charge in [-0.15, -0.1) is 0 Å². The Morgan fingerprint density at radius 2 is 2.32 bits per heavy atom. The third kappa shape index (κ3) is 2.37. The van der Waals surface area contributed by atoms with Crippen molar-refractivity contribution < 1.29 is 9.47 Å². The van der Waals surface area contributed by atoms with Crippen LogP contribution in [0, 0.1) is 5.92 Å². The van der Waals surface area contributed by atoms with Gasteiger partial charge in [0.05, 0.1) is 24.9 Å². The Kier molecular flexibility index (Phi) is 3.28. The van der Waals surface area contributed by atoms with Gasteiger partial charge in [-0.05, 0) is 37.0 Å². The van der Waals surface area contributed by atoms with Crippen LogP contribution >= 0.6 is 0 Å². The van der Waals surface area contributed by atoms with Crippen molar-refractivity contribution in [2.24, 2.45) is 5.92 Å². The molecule has 0 bridgehead atoms. The maximum absolute atomic E-state index is 5.76. The van der Waals surface area contributed by atoms with E-state index in [0.29, 0.717) is 5.92 Å². The second kappa shape index (κ2) is 5.08. The molecule has 1 aliphatic rings. The molecule has 3 rings (SSSR count). The predicted octanol–water partition coefficient (Wildman–Crippen LogP) is 3.59. The molecule has 1 atom stereocenters. The molecule has 2 aromatic rings. The summed E-state index contributed by atoms with van der Waals surface area (Å²) in [5.41, 5.74) is 2.28. The molecular weight excluding hydrogens is 238 g/mol. The minimum absolute atomic E-state index is 0.554. The summed E-state index contributed by atoms with van der Waals surface area (Å²) >= 11 is 0. The Bertz CT molecular complexity index is 595. The topological polar surface area (TPSA) is 31.4 Å². The number of hydrogen-bond acceptors (Lipinski definition) is 3. The lowest BCUT2D eigenvalue weighted by Crippen LogP contribution is -2.18. The Labute approximate surface area is 113 Å². The van der Waals surface area contributed by atoms with E-state index in [-0.39, 0.29) is 0 Å². The lowest BCUT2D eigenvalue weighted by atomic mass is 9.95. The van der Waals surface area contributed by atoms with E-state index < -0.39 is 0 Å². The molecule has 0 amide bonds. The summed E-state index contributed by atoms with van der Waals surface area (Å²) in [6, 6.07) is 6.11. The van der Waals surface area contributed by atoms with Crippen LogP contribution in [0.25, 0.3) is 10.9 Å². The van der Waals surface area contributed by atoms with E-state index in [2.05, 4.69) is 24.9 Å². The van der Waals surface area contributed by atoms with E-state index in [9.17, 15) is 0 Å². The fourth-order valence-corrected chi connectivity index (χ4v) is 2.49. The molecule has 1 unspecified atom stereocenters. The number of pyridine rings is 1. The molecule has 0 saturated heterocycles. The third-order valence-corrected chi connectivity index (χ3v) is 3.46. The number of aromatic nitrogens is 1. The average molecular weight is 257 g/mol. The largest absolute Gasteiger partial charge is 0.494 e. The monoisotopic (exact) mass is 257 g/mol. The minimum atomic E-state index is 0.554. The Hall–Kier alpha value is -1.77. The summed E-state index contributed by atoms with van der Waals surface area (Å²) in [6.07, 6.45) is 3.91. The first-order chi connectivity index (χ1) is 9.28. The van der Waals surface area contributed by atoms with Gasteiger partial charge in [0, 0.05) is 10.9 Å². The van der Waals surface area contributed by atoms with Gasteiger partial charge in [0.15, 0.2) is 0 Å². The Morgan fingerprint density at radius 3 is 3.16 bits per heavy atom. The molecule has 3 nitrogen and oxygen atoms in total. The van der Waals surface area contributed by atoms with Gasteiger partial charge in [0.25, 0.3) is 0 Å². The van der Waals surface area contributed by atoms with Crippen molar-refractivity contribution in [1.82, 2.24) is 4.98 Å². The van der Waals surface area contributed by atoms with Gasteiger partial charge in [-0.25, -0.2) is 0 Å². The normalized spacial score (nSPS) is 17.9. The van der Waals surface area contributed by atoms with E-state index in [0.717, 1.165) is 48.5 Å². The van der Waals surface area contributed by atoms with Crippen molar-refractivity contribution in [3.8, 4) is 11.5 Å². The molecule has 1 aromatic carbocycles. The number of hydrogen-bond donors (Lipinski definition) is 0. The number of ether oxygens (including phenoxy) is 2. The van der Waals surface area contributed by atoms with E-state index in [1.165, 1.54) is 5.56 Å². The smallest absolute Gasteiger partial charge is 0.141 e. The first-order valence-corrected chi connectivity index (χ1v) is 6.95. The predicted molar refractivity (Wildman–Crippen MR) is 75.9 cm³/mol. The van der Waals surface area contributed by atoms with Crippen molar-refractivity contribution in [2.75, 3.05) is 13.2 Å². The van der Waals surface area contributed by atoms with Gasteiger partial charge >= 0.3 is 0 Å². The highest BCUT2D eigenvalue weighted by Crippen LogP contribution is 2.34. The van der Waals surface area contributed by atoms with E-state index in [1.807, 2.05) is 18.3 Å². The summed E-state index contributed by atoms with van der Waals surface area (Å²) in [4.78, 5) is 4.46. The van der Waals surface area contributed by atoms with Gasteiger partial charge in [-0.1, -0.05) is 13.8 Å². The zero-order chi connectivity index (χ0) is 13.2. The fraction of sp³-hybridized carbons (Fsp3) is 0.438. The van der Waals surface area contributed by atoms with Crippen LogP contribution in [-0.2, 0) is 6.42 Å². The van der Waals surface area contributed by atoms with Gasteiger partial charge < -0.3 is 9.47 Å². The van der Waals surface area contributed by atoms with Crippen molar-refractivity contribution in [3.05, 3.63) is 30.0 Å². The highest BCUT2D eigenvalue weighted by Gasteiger charge is 2.19. The molecule has 0 aliphatic carbocycles. The van der Waals surface area contributed by atoms with Crippen molar-refractivity contribution in [1.29, 1.82) is 0 Å². The Balaban J connectivity index is 2.06. The van der Waals surface area contributed by atoms with Crippen LogP contribution in [0.5, 0.6) is 11.5 Å². The molecule has 2 heterocycles. The zero-order valence-electron chi connectivity index (χ0n) is 11.5. The summed E-state index contributed by atoms with van der Waals surface area (Å²) in [5, 5.41) is 1.16. The maximum Gasteiger partial charge on any atom is 0.141 e. The molecule has 1 aliphatic heterocycles. The number of nitrogens with zero attached hydrogens (tertiary/aromatic N) is 1. The van der Waals surface area contributed by atoms with Gasteiger partial charge in [0.2, 0.25) is 0 Å². The van der Waals surface area contributed by atoms with Gasteiger partial charge in [-0.3, -0.25) is 4.98 Å². The second-order valence-corrected chi connectivity index (χ2v) is 5.25. The Morgan fingerprint density at radius 1 is 1.42 bits per heavy atom. The van der Waals surface area contributed by atoms with Crippen LogP contribution in [0.15, 0.2) is 24.4 Å². The summed E-state index contributed by atoms with van der Waals surface area (Å²) in [7, 11) is 0. The lowest BCUT2D eigenvalue weighted by molar-refractivity contribution is 0.234. The molecule has 19 heavy (non-hydrogen) atoms. The first-order valence-electron chi connectivity index (χ1n) is 6.95. The second-order valence-electron chi connectivity index (χ2n) is 5.25. The minimum Gasteiger partial charge on any atom is -0.494 e. The number of benzene rings is 1. The van der Waals surface area contributed by atoms with E-state index in [4.69, 9.17) is 9.47 Å². The van der Waals surface area contributed by atoms with Crippen LogP contribution in [0.4, 0.5) is 0 Å². The maximum atomic E-state index is 5.76. The molecule has 0 radical (unpaired) electrons. The third-order valence-electron chi connectivity index (χ3n) is 3.46. The highest BCUT2D eigenvalue weighted by atomic mass is 16.5. The molecule has 0 spiro atoms. The van der Waals surface area contributed by atoms with Crippen LogP contribution in [-0.4, -0.2) is 18.2 Å². The number of fused-ring (bicyclic) bond motifs is 3. The summed E-state index contributed by atoms with van der Waals surface area (Å²) in [6.45, 7) is 5.86. The molecule has 0 saturated carbocycles. The van der Waals surface area contributed by atoms with Crippen LogP contribution < -0.4 is 9.47 Å². The molecule has 0 N–H and O–H groups in total. The zero-order valence-corrected chi connectivity index (χ0v) is 11.5. The number of rotatable bonds is 3. The van der Waals surface area contributed by atoms with Gasteiger partial charge in [-0.2, -0.15) is 0 Å². The van der Waals surface area contributed by atoms with Crippen LogP contribution in [0.2, 0.25) is 0 Å². The molecule has 3 heteroatoms.